The van der Waals surface area contributed by atoms with Gasteiger partial charge in [0.15, 0.2) is 11.5 Å². The van der Waals surface area contributed by atoms with Gasteiger partial charge in [0, 0.05) is 11.4 Å². The Hall–Kier alpha value is -2.22. The van der Waals surface area contributed by atoms with E-state index in [-0.39, 0.29) is 18.7 Å². The summed E-state index contributed by atoms with van der Waals surface area (Å²) in [6, 6.07) is 9.20. The Morgan fingerprint density at radius 1 is 1.32 bits per heavy atom. The normalized spacial score (nSPS) is 14.1. The molecule has 2 aromatic heterocycles. The number of ether oxygens (including phenoxy) is 1. The number of imidazole rings is 1. The topological polar surface area (TPSA) is 117 Å². The number of para-hydroxylation sites is 1. The summed E-state index contributed by atoms with van der Waals surface area (Å²) < 4.78 is 26.7. The minimum absolute atomic E-state index is 0.190. The Kier molecular flexibility index (Phi) is 8.63. The average molecular weight is 479 g/mol. The lowest BCUT2D eigenvalue weighted by atomic mass is 10.3. The van der Waals surface area contributed by atoms with E-state index in [9.17, 15) is 4.57 Å². The van der Waals surface area contributed by atoms with Gasteiger partial charge in [0.25, 0.3) is 0 Å². The quantitative estimate of drug-likeness (QED) is 0.173. The average Bonchev–Trinajstić information content (AvgIpc) is 3.19. The van der Waals surface area contributed by atoms with Crippen LogP contribution in [-0.4, -0.2) is 50.6 Å². The largest absolute Gasteiger partial charge is 0.382 e. The highest BCUT2D eigenvalue weighted by atomic mass is 33.1. The second-order valence-corrected chi connectivity index (χ2v) is 11.0. The first kappa shape index (κ1) is 23.4. The van der Waals surface area contributed by atoms with Gasteiger partial charge in [0.05, 0.1) is 19.5 Å². The molecule has 3 aromatic rings. The van der Waals surface area contributed by atoms with E-state index >= 15 is 0 Å². The van der Waals surface area contributed by atoms with Gasteiger partial charge in [-0.25, -0.2) is 15.0 Å². The molecule has 0 bridgehead atoms. The second-order valence-electron chi connectivity index (χ2n) is 6.25. The van der Waals surface area contributed by atoms with E-state index in [2.05, 4.69) is 26.0 Å². The Bertz CT molecular complexity index is 1080. The number of hydrogen-bond acceptors (Lipinski definition) is 9. The summed E-state index contributed by atoms with van der Waals surface area (Å²) in [6.07, 6.45) is 9.70. The zero-order valence-corrected chi connectivity index (χ0v) is 19.4. The molecule has 2 atom stereocenters. The van der Waals surface area contributed by atoms with Gasteiger partial charge >= 0.3 is 7.52 Å². The predicted octanol–water partition coefficient (Wildman–Crippen LogP) is 3.72. The molecule has 9 nitrogen and oxygen atoms in total. The van der Waals surface area contributed by atoms with Crippen molar-refractivity contribution in [2.75, 3.05) is 35.8 Å². The maximum atomic E-state index is 13.4. The van der Waals surface area contributed by atoms with Crippen molar-refractivity contribution in [2.45, 2.75) is 12.6 Å². The molecule has 0 spiro atoms. The number of nitrogens with two attached hydrogens (primary N) is 1. The van der Waals surface area contributed by atoms with Crippen molar-refractivity contribution in [3.8, 4) is 12.3 Å². The molecule has 164 valence electrons. The highest BCUT2D eigenvalue weighted by Gasteiger charge is 2.26. The van der Waals surface area contributed by atoms with Crippen molar-refractivity contribution < 1.29 is 13.8 Å². The lowest BCUT2D eigenvalue weighted by Gasteiger charge is -2.22. The van der Waals surface area contributed by atoms with Crippen LogP contribution in [0.3, 0.4) is 0 Å². The van der Waals surface area contributed by atoms with E-state index in [4.69, 9.17) is 21.4 Å². The number of anilines is 2. The Balaban J connectivity index is 1.68. The van der Waals surface area contributed by atoms with Crippen LogP contribution >= 0.6 is 29.1 Å². The summed E-state index contributed by atoms with van der Waals surface area (Å²) in [4.78, 5) is 12.3. The van der Waals surface area contributed by atoms with Crippen LogP contribution in [0.4, 0.5) is 11.5 Å². The molecule has 12 heteroatoms. The standard InChI is InChI=1S/C19H23N6O3PS2/c1-3-16(11-25-13-23-17-18(20)21-12-22-19(17)25)27-14-29(26,28-9-10-31-30-2)24-15-7-5-4-6-8-15/h1,4-8,12-13,16H,9-11,14H2,2H3,(H,24,26)(H2,20,21,22)/t16-,29?/m1/s1. The zero-order valence-electron chi connectivity index (χ0n) is 16.9. The number of nitrogens with zero attached hydrogens (tertiary/aromatic N) is 4. The number of aromatic nitrogens is 4. The molecule has 2 heterocycles. The van der Waals surface area contributed by atoms with Crippen LogP contribution in [0.2, 0.25) is 0 Å². The number of benzene rings is 1. The summed E-state index contributed by atoms with van der Waals surface area (Å²) in [5.41, 5.74) is 7.54. The maximum Gasteiger partial charge on any atom is 0.319 e. The maximum absolute atomic E-state index is 13.4. The molecule has 0 aliphatic rings. The first-order chi connectivity index (χ1) is 15.0. The third-order valence-corrected chi connectivity index (χ3v) is 7.54. The number of nitrogens with one attached hydrogen (secondary N) is 1. The molecule has 0 amide bonds. The smallest absolute Gasteiger partial charge is 0.319 e. The third kappa shape index (κ3) is 6.63. The number of hydrogen-bond donors (Lipinski definition) is 2. The SMILES string of the molecule is C#C[C@H](Cn1cnc2c(N)ncnc21)OCP(=O)(Nc1ccccc1)OCCSSC. The molecule has 3 rings (SSSR count). The number of terminal acetylenes is 1. The van der Waals surface area contributed by atoms with Gasteiger partial charge in [-0.3, -0.25) is 4.57 Å². The molecule has 31 heavy (non-hydrogen) atoms. The molecule has 1 unspecified atom stereocenters. The van der Waals surface area contributed by atoms with Crippen molar-refractivity contribution in [3.63, 3.8) is 0 Å². The van der Waals surface area contributed by atoms with Crippen molar-refractivity contribution in [3.05, 3.63) is 43.0 Å². The number of rotatable bonds is 12. The van der Waals surface area contributed by atoms with Gasteiger partial charge in [-0.15, -0.1) is 6.42 Å². The molecule has 0 saturated heterocycles. The molecule has 3 N–H and O–H groups in total. The molecular formula is C19H23N6O3PS2. The van der Waals surface area contributed by atoms with Crippen LogP contribution in [-0.2, 0) is 20.4 Å². The first-order valence-electron chi connectivity index (χ1n) is 9.26. The van der Waals surface area contributed by atoms with Crippen LogP contribution < -0.4 is 10.8 Å². The highest BCUT2D eigenvalue weighted by molar-refractivity contribution is 8.76. The van der Waals surface area contributed by atoms with E-state index in [1.165, 1.54) is 6.33 Å². The van der Waals surface area contributed by atoms with Gasteiger partial charge in [-0.1, -0.05) is 45.7 Å². The summed E-state index contributed by atoms with van der Waals surface area (Å²) >= 11 is 0. The van der Waals surface area contributed by atoms with E-state index in [1.807, 2.05) is 36.6 Å². The molecule has 0 radical (unpaired) electrons. The molecule has 0 aliphatic carbocycles. The summed E-state index contributed by atoms with van der Waals surface area (Å²) in [6.45, 7) is 0.576. The van der Waals surface area contributed by atoms with Crippen molar-refractivity contribution in [2.24, 2.45) is 0 Å². The van der Waals surface area contributed by atoms with Crippen LogP contribution in [0.25, 0.3) is 11.2 Å². The molecular weight excluding hydrogens is 455 g/mol. The fourth-order valence-corrected chi connectivity index (χ4v) is 5.32. The fraction of sp³-hybridized carbons (Fsp3) is 0.316. The minimum atomic E-state index is -3.36. The number of nitrogen functional groups attached to an aromatic ring is 1. The molecule has 0 fully saturated rings. The van der Waals surface area contributed by atoms with Gasteiger partial charge in [-0.05, 0) is 18.4 Å². The van der Waals surface area contributed by atoms with E-state index in [0.29, 0.717) is 29.2 Å². The lowest BCUT2D eigenvalue weighted by molar-refractivity contribution is 0.108. The highest BCUT2D eigenvalue weighted by Crippen LogP contribution is 2.47. The third-order valence-electron chi connectivity index (χ3n) is 4.08. The van der Waals surface area contributed by atoms with Gasteiger partial charge in [-0.2, -0.15) is 0 Å². The monoisotopic (exact) mass is 478 g/mol. The van der Waals surface area contributed by atoms with Crippen LogP contribution in [0.5, 0.6) is 0 Å². The Labute approximate surface area is 188 Å². The Morgan fingerprint density at radius 2 is 2.13 bits per heavy atom. The fourth-order valence-electron chi connectivity index (χ4n) is 2.67. The first-order valence-corrected chi connectivity index (χ1v) is 13.8. The van der Waals surface area contributed by atoms with Crippen LogP contribution in [0, 0.1) is 12.3 Å². The van der Waals surface area contributed by atoms with Gasteiger partial charge in [0.1, 0.15) is 24.3 Å². The summed E-state index contributed by atoms with van der Waals surface area (Å²) in [5, 5.41) is 2.98. The van der Waals surface area contributed by atoms with Crippen molar-refractivity contribution in [1.29, 1.82) is 0 Å². The van der Waals surface area contributed by atoms with Crippen LogP contribution in [0.1, 0.15) is 0 Å². The predicted molar refractivity (Wildman–Crippen MR) is 128 cm³/mol. The van der Waals surface area contributed by atoms with E-state index in [1.54, 1.807) is 32.5 Å². The number of fused-ring (bicyclic) bond motifs is 1. The molecule has 0 aliphatic heterocycles. The zero-order chi connectivity index (χ0) is 22.1. The van der Waals surface area contributed by atoms with E-state index in [0.717, 1.165) is 0 Å². The molecule has 0 saturated carbocycles. The lowest BCUT2D eigenvalue weighted by Crippen LogP contribution is -2.21. The van der Waals surface area contributed by atoms with Crippen molar-refractivity contribution in [1.82, 2.24) is 19.5 Å². The van der Waals surface area contributed by atoms with Crippen LogP contribution in [0.15, 0.2) is 43.0 Å². The summed E-state index contributed by atoms with van der Waals surface area (Å²) in [5.74, 6) is 3.56. The van der Waals surface area contributed by atoms with Crippen molar-refractivity contribution >= 4 is 51.8 Å². The molecule has 1 aromatic carbocycles. The second kappa shape index (κ2) is 11.4. The van der Waals surface area contributed by atoms with Gasteiger partial charge in [0.2, 0.25) is 0 Å². The van der Waals surface area contributed by atoms with Gasteiger partial charge < -0.3 is 24.6 Å². The minimum Gasteiger partial charge on any atom is -0.382 e. The summed E-state index contributed by atoms with van der Waals surface area (Å²) in [7, 11) is -0.106. The Morgan fingerprint density at radius 3 is 2.87 bits per heavy atom. The van der Waals surface area contributed by atoms with E-state index < -0.39 is 13.6 Å².